The summed E-state index contributed by atoms with van der Waals surface area (Å²) in [5, 5.41) is 26.2. The van der Waals surface area contributed by atoms with E-state index in [1.165, 1.54) is 36.4 Å². The Morgan fingerprint density at radius 2 is 1.60 bits per heavy atom. The molecule has 45 heavy (non-hydrogen) atoms. The normalized spacial score (nSPS) is 11.4. The number of halogens is 3. The molecule has 2 aromatic heterocycles. The Hall–Kier alpha value is -5.54. The van der Waals surface area contributed by atoms with Crippen LogP contribution in [-0.4, -0.2) is 63.7 Å². The van der Waals surface area contributed by atoms with Gasteiger partial charge in [0.15, 0.2) is 11.2 Å². The lowest BCUT2D eigenvalue weighted by molar-refractivity contribution is -0.383. The van der Waals surface area contributed by atoms with Crippen molar-refractivity contribution in [1.29, 1.82) is 0 Å². The predicted molar refractivity (Wildman–Crippen MR) is 155 cm³/mol. The lowest BCUT2D eigenvalue weighted by Gasteiger charge is -2.15. The number of ether oxygens (including phenoxy) is 2. The molecule has 0 bridgehead atoms. The molecule has 4 rings (SSSR count). The van der Waals surface area contributed by atoms with Crippen molar-refractivity contribution in [1.82, 2.24) is 15.3 Å². The topological polar surface area (TPSA) is 183 Å². The van der Waals surface area contributed by atoms with Crippen LogP contribution in [-0.2, 0) is 4.79 Å². The summed E-state index contributed by atoms with van der Waals surface area (Å²) in [5.74, 6) is -4.00. The number of nitrogens with zero attached hydrogens (tertiary/aromatic N) is 3. The third-order valence-electron chi connectivity index (χ3n) is 6.17. The van der Waals surface area contributed by atoms with Gasteiger partial charge in [0.2, 0.25) is 0 Å². The van der Waals surface area contributed by atoms with E-state index in [9.17, 15) is 42.8 Å². The minimum absolute atomic E-state index is 0.00850. The number of nitrogens with one attached hydrogen (secondary N) is 2. The zero-order valence-corrected chi connectivity index (χ0v) is 23.8. The SMILES string of the molecule is CC(C)COc1cc(C(=O)Nc2cccc3c(OCCCNC(=O)C(F)(F)F)cc(C(=O)O)nc23)nc2c([N+](=O)[O-])cccc12. The Labute approximate surface area is 252 Å². The molecule has 0 spiro atoms. The average Bonchev–Trinajstić information content (AvgIpc) is 2.98. The highest BCUT2D eigenvalue weighted by Crippen LogP contribution is 2.34. The number of benzene rings is 2. The van der Waals surface area contributed by atoms with Crippen LogP contribution >= 0.6 is 0 Å². The number of alkyl halides is 3. The van der Waals surface area contributed by atoms with Gasteiger partial charge in [0.05, 0.1) is 29.3 Å². The molecule has 13 nitrogen and oxygen atoms in total. The first kappa shape index (κ1) is 32.4. The molecule has 2 amide bonds. The van der Waals surface area contributed by atoms with Crippen molar-refractivity contribution in [3.05, 3.63) is 70.0 Å². The standard InChI is InChI=1S/C29H26F3N5O8/c1-15(2)14-45-23-12-19(34-25-17(23)7-4-9-21(25)37(42)43)26(38)36-18-8-3-6-16-22(13-20(27(39)40)35-24(16)18)44-11-5-10-33-28(41)29(30,31)32/h3-4,6-9,12-13,15H,5,10-11,14H2,1-2H3,(H,33,41)(H,36,38)(H,39,40). The number of pyridine rings is 2. The molecule has 0 saturated carbocycles. The minimum Gasteiger partial charge on any atom is -0.493 e. The largest absolute Gasteiger partial charge is 0.493 e. The van der Waals surface area contributed by atoms with Crippen molar-refractivity contribution < 1.29 is 47.1 Å². The number of nitro groups is 1. The van der Waals surface area contributed by atoms with E-state index in [1.807, 2.05) is 13.8 Å². The molecule has 0 unspecified atom stereocenters. The number of rotatable bonds is 12. The summed E-state index contributed by atoms with van der Waals surface area (Å²) in [7, 11) is 0. The van der Waals surface area contributed by atoms with Crippen LogP contribution in [0.15, 0.2) is 48.5 Å². The first-order valence-electron chi connectivity index (χ1n) is 13.4. The Bertz CT molecular complexity index is 1800. The van der Waals surface area contributed by atoms with Gasteiger partial charge in [-0.3, -0.25) is 19.7 Å². The second-order valence-electron chi connectivity index (χ2n) is 10.1. The second-order valence-corrected chi connectivity index (χ2v) is 10.1. The number of non-ortho nitro benzene ring substituents is 1. The summed E-state index contributed by atoms with van der Waals surface area (Å²) in [6.45, 7) is 3.52. The maximum absolute atomic E-state index is 13.5. The van der Waals surface area contributed by atoms with Crippen LogP contribution in [0.3, 0.4) is 0 Å². The van der Waals surface area contributed by atoms with Crippen LogP contribution in [0.5, 0.6) is 11.5 Å². The van der Waals surface area contributed by atoms with E-state index in [0.29, 0.717) is 5.39 Å². The van der Waals surface area contributed by atoms with Crippen LogP contribution < -0.4 is 20.1 Å². The Morgan fingerprint density at radius 3 is 2.24 bits per heavy atom. The first-order valence-corrected chi connectivity index (χ1v) is 13.4. The maximum Gasteiger partial charge on any atom is 0.471 e. The Kier molecular flexibility index (Phi) is 9.64. The summed E-state index contributed by atoms with van der Waals surface area (Å²) in [6, 6.07) is 11.3. The summed E-state index contributed by atoms with van der Waals surface area (Å²) < 4.78 is 48.6. The van der Waals surface area contributed by atoms with Crippen LogP contribution in [0.2, 0.25) is 0 Å². The summed E-state index contributed by atoms with van der Waals surface area (Å²) in [6.07, 6.45) is -5.06. The van der Waals surface area contributed by atoms with Crippen LogP contribution in [0.4, 0.5) is 24.5 Å². The molecule has 0 aliphatic heterocycles. The van der Waals surface area contributed by atoms with Gasteiger partial charge in [-0.2, -0.15) is 13.2 Å². The van der Waals surface area contributed by atoms with Gasteiger partial charge >= 0.3 is 18.1 Å². The number of hydrogen-bond acceptors (Lipinski definition) is 9. The second kappa shape index (κ2) is 13.4. The Morgan fingerprint density at radius 1 is 0.978 bits per heavy atom. The summed E-state index contributed by atoms with van der Waals surface area (Å²) in [4.78, 5) is 55.7. The molecule has 3 N–H and O–H groups in total. The van der Waals surface area contributed by atoms with E-state index in [-0.39, 0.29) is 77.1 Å². The number of aromatic nitrogens is 2. The monoisotopic (exact) mass is 629 g/mol. The number of carbonyl (C=O) groups is 3. The lowest BCUT2D eigenvalue weighted by Crippen LogP contribution is -2.37. The van der Waals surface area contributed by atoms with Gasteiger partial charge in [-0.25, -0.2) is 14.8 Å². The molecule has 0 fully saturated rings. The van der Waals surface area contributed by atoms with E-state index >= 15 is 0 Å². The van der Waals surface area contributed by atoms with Crippen molar-refractivity contribution in [3.63, 3.8) is 0 Å². The first-order chi connectivity index (χ1) is 21.3. The van der Waals surface area contributed by atoms with E-state index < -0.39 is 34.6 Å². The number of carbonyl (C=O) groups excluding carboxylic acids is 2. The van der Waals surface area contributed by atoms with Gasteiger partial charge in [-0.1, -0.05) is 26.0 Å². The van der Waals surface area contributed by atoms with Crippen LogP contribution in [0.1, 0.15) is 41.2 Å². The van der Waals surface area contributed by atoms with Crippen molar-refractivity contribution in [2.24, 2.45) is 5.92 Å². The fourth-order valence-electron chi connectivity index (χ4n) is 4.13. The molecular formula is C29H26F3N5O8. The number of nitro benzene ring substituents is 1. The molecule has 2 aromatic carbocycles. The molecule has 0 saturated heterocycles. The van der Waals surface area contributed by atoms with Crippen molar-refractivity contribution in [3.8, 4) is 11.5 Å². The number of amides is 2. The molecule has 4 aromatic rings. The van der Waals surface area contributed by atoms with Crippen LogP contribution in [0, 0.1) is 16.0 Å². The molecular weight excluding hydrogens is 603 g/mol. The number of para-hydroxylation sites is 2. The molecule has 0 aliphatic rings. The van der Waals surface area contributed by atoms with Gasteiger partial charge in [-0.15, -0.1) is 0 Å². The van der Waals surface area contributed by atoms with Gasteiger partial charge in [0.25, 0.3) is 11.6 Å². The number of carboxylic acids is 1. The zero-order valence-electron chi connectivity index (χ0n) is 23.8. The van der Waals surface area contributed by atoms with Crippen molar-refractivity contribution in [2.45, 2.75) is 26.4 Å². The molecule has 0 aliphatic carbocycles. The average molecular weight is 630 g/mol. The maximum atomic E-state index is 13.5. The third-order valence-corrected chi connectivity index (χ3v) is 6.17. The Balaban J connectivity index is 1.66. The number of carboxylic acid groups (broad SMARTS) is 1. The lowest BCUT2D eigenvalue weighted by atomic mass is 10.1. The zero-order chi connectivity index (χ0) is 32.9. The summed E-state index contributed by atoms with van der Waals surface area (Å²) in [5.41, 5.74) is -1.02. The van der Waals surface area contributed by atoms with E-state index in [2.05, 4.69) is 15.3 Å². The number of hydrogen-bond donors (Lipinski definition) is 3. The summed E-state index contributed by atoms with van der Waals surface area (Å²) >= 11 is 0. The van der Waals surface area contributed by atoms with E-state index in [0.717, 1.165) is 6.07 Å². The molecule has 236 valence electrons. The number of anilines is 1. The fraction of sp³-hybridized carbons (Fsp3) is 0.276. The predicted octanol–water partition coefficient (Wildman–Crippen LogP) is 5.12. The van der Waals surface area contributed by atoms with Gasteiger partial charge in [0.1, 0.15) is 17.2 Å². The van der Waals surface area contributed by atoms with E-state index in [4.69, 9.17) is 9.47 Å². The highest BCUT2D eigenvalue weighted by molar-refractivity contribution is 6.10. The fourth-order valence-corrected chi connectivity index (χ4v) is 4.13. The number of fused-ring (bicyclic) bond motifs is 2. The quantitative estimate of drug-likeness (QED) is 0.108. The molecule has 2 heterocycles. The highest BCUT2D eigenvalue weighted by atomic mass is 19.4. The van der Waals surface area contributed by atoms with E-state index in [1.54, 1.807) is 11.4 Å². The highest BCUT2D eigenvalue weighted by Gasteiger charge is 2.38. The van der Waals surface area contributed by atoms with Gasteiger partial charge < -0.3 is 25.2 Å². The smallest absolute Gasteiger partial charge is 0.471 e. The van der Waals surface area contributed by atoms with Crippen molar-refractivity contribution >= 4 is 51.0 Å². The minimum atomic E-state index is -5.03. The van der Waals surface area contributed by atoms with Gasteiger partial charge in [0, 0.05) is 35.5 Å². The molecule has 16 heteroatoms. The number of aromatic carboxylic acids is 1. The molecule has 0 radical (unpaired) electrons. The van der Waals surface area contributed by atoms with Crippen LogP contribution in [0.25, 0.3) is 21.8 Å². The van der Waals surface area contributed by atoms with Crippen molar-refractivity contribution in [2.75, 3.05) is 25.1 Å². The van der Waals surface area contributed by atoms with Gasteiger partial charge in [-0.05, 0) is 30.5 Å². The third kappa shape index (κ3) is 7.70. The molecule has 0 atom stereocenters.